The number of hydrazone groups is 1. The molecule has 4 heterocycles. The van der Waals surface area contributed by atoms with Crippen LogP contribution >= 0.6 is 0 Å². The second-order valence-electron chi connectivity index (χ2n) is 7.83. The second-order valence-corrected chi connectivity index (χ2v) is 7.83. The molecule has 162 valence electrons. The zero-order valence-corrected chi connectivity index (χ0v) is 17.7. The van der Waals surface area contributed by atoms with Crippen LogP contribution in [-0.2, 0) is 7.05 Å². The summed E-state index contributed by atoms with van der Waals surface area (Å²) in [6.45, 7) is 3.06. The summed E-state index contributed by atoms with van der Waals surface area (Å²) in [5, 5.41) is 9.38. The summed E-state index contributed by atoms with van der Waals surface area (Å²) >= 11 is 0. The quantitative estimate of drug-likeness (QED) is 0.496. The first-order chi connectivity index (χ1) is 15.4. The summed E-state index contributed by atoms with van der Waals surface area (Å²) < 4.78 is 3.57. The molecule has 3 N–H and O–H groups in total. The minimum atomic E-state index is -0.600. The van der Waals surface area contributed by atoms with E-state index in [2.05, 4.69) is 31.0 Å². The molecule has 0 fully saturated rings. The fraction of sp³-hybridized carbons (Fsp3) is 0.227. The number of hydrogen-bond acceptors (Lipinski definition) is 6. The van der Waals surface area contributed by atoms with E-state index in [0.717, 1.165) is 22.5 Å². The predicted molar refractivity (Wildman–Crippen MR) is 121 cm³/mol. The van der Waals surface area contributed by atoms with Gasteiger partial charge in [-0.25, -0.2) is 9.97 Å². The minimum absolute atomic E-state index is 0.0589. The summed E-state index contributed by atoms with van der Waals surface area (Å²) in [7, 11) is 1.99. The number of benzene rings is 1. The highest BCUT2D eigenvalue weighted by atomic mass is 16.2. The Labute approximate surface area is 183 Å². The molecule has 10 nitrogen and oxygen atoms in total. The molecular formula is C22H22N8O2. The van der Waals surface area contributed by atoms with Gasteiger partial charge in [-0.1, -0.05) is 0 Å². The van der Waals surface area contributed by atoms with E-state index in [1.54, 1.807) is 18.3 Å². The minimum Gasteiger partial charge on any atom is -0.364 e. The van der Waals surface area contributed by atoms with Crippen LogP contribution in [0.4, 0.5) is 5.69 Å². The van der Waals surface area contributed by atoms with E-state index in [-0.39, 0.29) is 17.5 Å². The van der Waals surface area contributed by atoms with Gasteiger partial charge in [0.15, 0.2) is 0 Å². The third-order valence-electron chi connectivity index (χ3n) is 5.77. The lowest BCUT2D eigenvalue weighted by atomic mass is 10.1. The SMILES string of the molecule is Cc1nc2ccc(N3CC(CNC(=O)c4cccn5c(C(N)=O)cnc45)C=N3)cc2n1C. The van der Waals surface area contributed by atoms with Crippen molar-refractivity contribution in [3.63, 3.8) is 0 Å². The van der Waals surface area contributed by atoms with Gasteiger partial charge in [0, 0.05) is 31.9 Å². The number of aryl methyl sites for hydroxylation is 2. The first kappa shape index (κ1) is 19.7. The van der Waals surface area contributed by atoms with Crippen molar-refractivity contribution in [2.45, 2.75) is 6.92 Å². The van der Waals surface area contributed by atoms with Gasteiger partial charge in [0.1, 0.15) is 17.2 Å². The molecule has 1 aromatic carbocycles. The maximum atomic E-state index is 12.8. The third kappa shape index (κ3) is 3.25. The first-order valence-corrected chi connectivity index (χ1v) is 10.2. The smallest absolute Gasteiger partial charge is 0.267 e. The molecule has 0 saturated carbocycles. The number of primary amides is 1. The van der Waals surface area contributed by atoms with Crippen molar-refractivity contribution in [3.05, 3.63) is 59.8 Å². The summed E-state index contributed by atoms with van der Waals surface area (Å²) in [5.74, 6) is 0.148. The van der Waals surface area contributed by atoms with Crippen molar-refractivity contribution in [2.24, 2.45) is 23.8 Å². The topological polar surface area (TPSA) is 123 Å². The molecule has 0 aliphatic carbocycles. The highest BCUT2D eigenvalue weighted by Crippen LogP contribution is 2.25. The van der Waals surface area contributed by atoms with Crippen molar-refractivity contribution in [2.75, 3.05) is 18.1 Å². The van der Waals surface area contributed by atoms with Crippen LogP contribution in [0.15, 0.2) is 47.8 Å². The number of imidazole rings is 2. The second kappa shape index (κ2) is 7.49. The van der Waals surface area contributed by atoms with Crippen LogP contribution in [0.1, 0.15) is 26.7 Å². The van der Waals surface area contributed by atoms with Gasteiger partial charge >= 0.3 is 0 Å². The lowest BCUT2D eigenvalue weighted by Crippen LogP contribution is -2.32. The Morgan fingerprint density at radius 3 is 2.94 bits per heavy atom. The monoisotopic (exact) mass is 430 g/mol. The Bertz CT molecular complexity index is 1400. The van der Waals surface area contributed by atoms with Gasteiger partial charge in [-0.2, -0.15) is 5.10 Å². The Balaban J connectivity index is 1.27. The zero-order chi connectivity index (χ0) is 22.4. The Morgan fingerprint density at radius 1 is 1.28 bits per heavy atom. The number of amides is 2. The van der Waals surface area contributed by atoms with Crippen LogP contribution < -0.4 is 16.1 Å². The van der Waals surface area contributed by atoms with Crippen molar-refractivity contribution in [1.82, 2.24) is 24.3 Å². The van der Waals surface area contributed by atoms with E-state index >= 15 is 0 Å². The highest BCUT2D eigenvalue weighted by molar-refractivity contribution is 6.01. The maximum absolute atomic E-state index is 12.8. The van der Waals surface area contributed by atoms with E-state index in [1.807, 2.05) is 37.3 Å². The van der Waals surface area contributed by atoms with E-state index in [0.29, 0.717) is 24.3 Å². The molecule has 5 rings (SSSR count). The molecule has 3 aromatic heterocycles. The summed E-state index contributed by atoms with van der Waals surface area (Å²) in [5.41, 5.74) is 9.35. The number of hydrogen-bond donors (Lipinski definition) is 2. The average Bonchev–Trinajstić information content (AvgIpc) is 3.50. The molecule has 0 radical (unpaired) electrons. The van der Waals surface area contributed by atoms with Crippen molar-refractivity contribution < 1.29 is 9.59 Å². The third-order valence-corrected chi connectivity index (χ3v) is 5.77. The number of nitrogens with one attached hydrogen (secondary N) is 1. The van der Waals surface area contributed by atoms with Crippen LogP contribution in [0.5, 0.6) is 0 Å². The largest absolute Gasteiger partial charge is 0.364 e. The number of nitrogens with two attached hydrogens (primary N) is 1. The lowest BCUT2D eigenvalue weighted by molar-refractivity contribution is 0.0950. The molecule has 1 aliphatic rings. The molecular weight excluding hydrogens is 408 g/mol. The lowest BCUT2D eigenvalue weighted by Gasteiger charge is -2.16. The summed E-state index contributed by atoms with van der Waals surface area (Å²) in [4.78, 5) is 33.0. The van der Waals surface area contributed by atoms with Crippen molar-refractivity contribution in [3.8, 4) is 0 Å². The molecule has 10 heteroatoms. The van der Waals surface area contributed by atoms with Gasteiger partial charge < -0.3 is 15.6 Å². The van der Waals surface area contributed by atoms with E-state index in [9.17, 15) is 9.59 Å². The van der Waals surface area contributed by atoms with E-state index in [4.69, 9.17) is 5.73 Å². The fourth-order valence-electron chi connectivity index (χ4n) is 3.93. The number of carbonyl (C=O) groups excluding carboxylic acids is 2. The molecule has 0 bridgehead atoms. The Hall–Kier alpha value is -4.21. The normalized spacial score (nSPS) is 15.7. The van der Waals surface area contributed by atoms with Gasteiger partial charge in [0.25, 0.3) is 11.8 Å². The van der Waals surface area contributed by atoms with Crippen molar-refractivity contribution in [1.29, 1.82) is 0 Å². The van der Waals surface area contributed by atoms with E-state index < -0.39 is 5.91 Å². The van der Waals surface area contributed by atoms with Crippen LogP contribution in [-0.4, -0.2) is 50.1 Å². The average molecular weight is 430 g/mol. The van der Waals surface area contributed by atoms with Gasteiger partial charge in [-0.15, -0.1) is 0 Å². The van der Waals surface area contributed by atoms with Crippen LogP contribution in [0.2, 0.25) is 0 Å². The molecule has 2 amide bonds. The molecule has 0 saturated heterocycles. The molecule has 32 heavy (non-hydrogen) atoms. The summed E-state index contributed by atoms with van der Waals surface area (Å²) in [6, 6.07) is 9.42. The molecule has 4 aromatic rings. The number of carbonyl (C=O) groups is 2. The van der Waals surface area contributed by atoms with Crippen LogP contribution in [0.3, 0.4) is 0 Å². The van der Waals surface area contributed by atoms with Gasteiger partial charge in [-0.05, 0) is 37.3 Å². The Kier molecular flexibility index (Phi) is 4.62. The Morgan fingerprint density at radius 2 is 2.12 bits per heavy atom. The number of aromatic nitrogens is 4. The number of nitrogens with zero attached hydrogens (tertiary/aromatic N) is 6. The van der Waals surface area contributed by atoms with Crippen LogP contribution in [0, 0.1) is 12.8 Å². The fourth-order valence-corrected chi connectivity index (χ4v) is 3.93. The zero-order valence-electron chi connectivity index (χ0n) is 17.7. The number of fused-ring (bicyclic) bond motifs is 2. The number of pyridine rings is 1. The number of anilines is 1. The van der Waals surface area contributed by atoms with Crippen LogP contribution in [0.25, 0.3) is 16.7 Å². The first-order valence-electron chi connectivity index (χ1n) is 10.2. The summed E-state index contributed by atoms with van der Waals surface area (Å²) in [6.07, 6.45) is 4.87. The maximum Gasteiger partial charge on any atom is 0.267 e. The molecule has 1 unspecified atom stereocenters. The highest BCUT2D eigenvalue weighted by Gasteiger charge is 2.22. The molecule has 1 atom stereocenters. The predicted octanol–water partition coefficient (Wildman–Crippen LogP) is 1.48. The van der Waals surface area contributed by atoms with Crippen molar-refractivity contribution >= 4 is 40.4 Å². The standard InChI is InChI=1S/C22H22N8O2/c1-13-27-17-6-5-15(8-18(17)28(13)2)30-12-14(10-26-30)9-25-22(32)16-4-3-7-29-19(20(23)31)11-24-21(16)29/h3-8,10-11,14H,9,12H2,1-2H3,(H2,23,31)(H,25,32). The van der Waals surface area contributed by atoms with Gasteiger partial charge in [0.05, 0.1) is 35.0 Å². The number of rotatable bonds is 5. The molecule has 0 spiro atoms. The van der Waals surface area contributed by atoms with E-state index in [1.165, 1.54) is 10.6 Å². The van der Waals surface area contributed by atoms with Gasteiger partial charge in [0.2, 0.25) is 0 Å². The molecule has 1 aliphatic heterocycles. The van der Waals surface area contributed by atoms with Gasteiger partial charge in [-0.3, -0.25) is 19.0 Å².